The molecule has 0 radical (unpaired) electrons. The first-order chi connectivity index (χ1) is 7.79. The second kappa shape index (κ2) is 5.43. The van der Waals surface area contributed by atoms with Crippen LogP contribution in [-0.4, -0.2) is 40.6 Å². The molecule has 1 fully saturated rings. The highest BCUT2D eigenvalue weighted by molar-refractivity contribution is 5.03. The number of aryl methyl sites for hydroxylation is 1. The molecule has 0 aliphatic carbocycles. The Hall–Kier alpha value is -0.910. The highest BCUT2D eigenvalue weighted by atomic mass is 16.3. The van der Waals surface area contributed by atoms with Gasteiger partial charge in [0, 0.05) is 50.4 Å². The summed E-state index contributed by atoms with van der Waals surface area (Å²) < 4.78 is 1.92. The molecule has 2 unspecified atom stereocenters. The topological polar surface area (TPSA) is 62.1 Å². The average molecular weight is 224 g/mol. The molecule has 0 spiro atoms. The van der Waals surface area contributed by atoms with E-state index in [0.717, 1.165) is 32.7 Å². The molecule has 2 heterocycles. The van der Waals surface area contributed by atoms with Gasteiger partial charge in [-0.15, -0.1) is 0 Å². The average Bonchev–Trinajstić information content (AvgIpc) is 2.89. The van der Waals surface area contributed by atoms with Gasteiger partial charge < -0.3 is 15.7 Å². The summed E-state index contributed by atoms with van der Waals surface area (Å²) in [5.74, 6) is 0.334. The van der Waals surface area contributed by atoms with Gasteiger partial charge in [0.05, 0.1) is 12.3 Å². The van der Waals surface area contributed by atoms with Crippen LogP contribution in [0.1, 0.15) is 12.5 Å². The zero-order valence-electron chi connectivity index (χ0n) is 9.69. The van der Waals surface area contributed by atoms with Crippen molar-refractivity contribution >= 4 is 0 Å². The van der Waals surface area contributed by atoms with E-state index < -0.39 is 0 Å². The van der Waals surface area contributed by atoms with Crippen LogP contribution in [0.3, 0.4) is 0 Å². The minimum atomic E-state index is -0.203. The predicted molar refractivity (Wildman–Crippen MR) is 62.0 cm³/mol. The quantitative estimate of drug-likeness (QED) is 0.635. The van der Waals surface area contributed by atoms with Crippen LogP contribution in [0.5, 0.6) is 0 Å². The van der Waals surface area contributed by atoms with Gasteiger partial charge in [0.1, 0.15) is 0 Å². The van der Waals surface area contributed by atoms with Crippen molar-refractivity contribution in [2.45, 2.75) is 26.1 Å². The number of β-amino-alcohol motifs (C(OH)–C–C–N with tert-alkyl or cyclic N) is 1. The van der Waals surface area contributed by atoms with E-state index in [1.54, 1.807) is 0 Å². The molecule has 1 aliphatic rings. The summed E-state index contributed by atoms with van der Waals surface area (Å²) >= 11 is 0. The molecule has 0 bridgehead atoms. The number of aliphatic hydroxyl groups is 1. The highest BCUT2D eigenvalue weighted by Gasteiger charge is 2.23. The Bertz CT molecular complexity index is 326. The number of hydrogen-bond acceptors (Lipinski definition) is 4. The Balaban J connectivity index is 1.71. The molecule has 1 aliphatic heterocycles. The lowest BCUT2D eigenvalue weighted by Crippen LogP contribution is -2.30. The number of nitrogens with zero attached hydrogens (tertiary/aromatic N) is 2. The maximum atomic E-state index is 9.61. The van der Waals surface area contributed by atoms with Crippen molar-refractivity contribution in [2.75, 3.05) is 19.6 Å². The van der Waals surface area contributed by atoms with E-state index >= 15 is 0 Å². The van der Waals surface area contributed by atoms with Gasteiger partial charge in [-0.25, -0.2) is 0 Å². The zero-order chi connectivity index (χ0) is 11.4. The van der Waals surface area contributed by atoms with Crippen LogP contribution in [0, 0.1) is 5.92 Å². The van der Waals surface area contributed by atoms with E-state index in [-0.39, 0.29) is 6.10 Å². The van der Waals surface area contributed by atoms with Crippen LogP contribution >= 0.6 is 0 Å². The second-order valence-corrected chi connectivity index (χ2v) is 4.32. The fourth-order valence-electron chi connectivity index (χ4n) is 2.00. The molecular formula is C11H20N4O. The molecular weight excluding hydrogens is 204 g/mol. The van der Waals surface area contributed by atoms with Crippen molar-refractivity contribution in [2.24, 2.45) is 5.92 Å². The van der Waals surface area contributed by atoms with E-state index in [9.17, 15) is 5.11 Å². The SMILES string of the molecule is CCn1cc(CNCC2CNCC2O)cn1. The second-order valence-electron chi connectivity index (χ2n) is 4.32. The van der Waals surface area contributed by atoms with Gasteiger partial charge in [-0.1, -0.05) is 0 Å². The zero-order valence-corrected chi connectivity index (χ0v) is 9.69. The lowest BCUT2D eigenvalue weighted by atomic mass is 10.1. The summed E-state index contributed by atoms with van der Waals surface area (Å²) in [7, 11) is 0. The largest absolute Gasteiger partial charge is 0.391 e. The van der Waals surface area contributed by atoms with Gasteiger partial charge in [-0.2, -0.15) is 5.10 Å². The van der Waals surface area contributed by atoms with E-state index in [2.05, 4.69) is 28.9 Å². The first kappa shape index (κ1) is 11.6. The van der Waals surface area contributed by atoms with Crippen LogP contribution in [-0.2, 0) is 13.1 Å². The Morgan fingerprint density at radius 1 is 1.62 bits per heavy atom. The predicted octanol–water partition coefficient (Wildman–Crippen LogP) is -0.427. The maximum Gasteiger partial charge on any atom is 0.0716 e. The first-order valence-corrected chi connectivity index (χ1v) is 5.90. The molecule has 1 saturated heterocycles. The summed E-state index contributed by atoms with van der Waals surface area (Å²) in [5, 5.41) is 20.4. The third-order valence-corrected chi connectivity index (χ3v) is 3.05. The van der Waals surface area contributed by atoms with Crippen molar-refractivity contribution in [1.29, 1.82) is 0 Å². The molecule has 16 heavy (non-hydrogen) atoms. The lowest BCUT2D eigenvalue weighted by Gasteiger charge is -2.13. The number of aromatic nitrogens is 2. The molecule has 2 rings (SSSR count). The third kappa shape index (κ3) is 2.81. The fourth-order valence-corrected chi connectivity index (χ4v) is 2.00. The Morgan fingerprint density at radius 2 is 2.50 bits per heavy atom. The lowest BCUT2D eigenvalue weighted by molar-refractivity contribution is 0.146. The van der Waals surface area contributed by atoms with Crippen LogP contribution in [0.2, 0.25) is 0 Å². The van der Waals surface area contributed by atoms with Crippen molar-refractivity contribution in [3.63, 3.8) is 0 Å². The van der Waals surface area contributed by atoms with E-state index in [1.807, 2.05) is 10.9 Å². The first-order valence-electron chi connectivity index (χ1n) is 5.90. The van der Waals surface area contributed by atoms with Gasteiger partial charge in [-0.3, -0.25) is 4.68 Å². The summed E-state index contributed by atoms with van der Waals surface area (Å²) in [5.41, 5.74) is 1.20. The van der Waals surface area contributed by atoms with Crippen LogP contribution in [0.15, 0.2) is 12.4 Å². The molecule has 90 valence electrons. The normalized spacial score (nSPS) is 25.1. The number of hydrogen-bond donors (Lipinski definition) is 3. The van der Waals surface area contributed by atoms with Crippen molar-refractivity contribution in [1.82, 2.24) is 20.4 Å². The van der Waals surface area contributed by atoms with Gasteiger partial charge in [0.25, 0.3) is 0 Å². The standard InChI is InChI=1S/C11H20N4O/c1-2-15-8-9(4-14-15)3-12-5-10-6-13-7-11(10)16/h4,8,10-13,16H,2-3,5-7H2,1H3. The molecule has 5 nitrogen and oxygen atoms in total. The van der Waals surface area contributed by atoms with Gasteiger partial charge in [0.15, 0.2) is 0 Å². The maximum absolute atomic E-state index is 9.61. The van der Waals surface area contributed by atoms with E-state index in [1.165, 1.54) is 5.56 Å². The van der Waals surface area contributed by atoms with E-state index in [4.69, 9.17) is 0 Å². The van der Waals surface area contributed by atoms with Gasteiger partial charge in [-0.05, 0) is 6.92 Å². The molecule has 1 aromatic rings. The minimum Gasteiger partial charge on any atom is -0.391 e. The van der Waals surface area contributed by atoms with Crippen LogP contribution in [0.25, 0.3) is 0 Å². The van der Waals surface area contributed by atoms with Crippen molar-refractivity contribution in [3.8, 4) is 0 Å². The molecule has 0 saturated carbocycles. The highest BCUT2D eigenvalue weighted by Crippen LogP contribution is 2.07. The Kier molecular flexibility index (Phi) is 3.93. The summed E-state index contributed by atoms with van der Waals surface area (Å²) in [6.45, 7) is 6.28. The molecule has 0 aromatic carbocycles. The summed E-state index contributed by atoms with van der Waals surface area (Å²) in [6, 6.07) is 0. The molecule has 0 amide bonds. The van der Waals surface area contributed by atoms with E-state index in [0.29, 0.717) is 5.92 Å². The molecule has 5 heteroatoms. The van der Waals surface area contributed by atoms with Gasteiger partial charge >= 0.3 is 0 Å². The number of nitrogens with one attached hydrogen (secondary N) is 2. The third-order valence-electron chi connectivity index (χ3n) is 3.05. The fraction of sp³-hybridized carbons (Fsp3) is 0.727. The van der Waals surface area contributed by atoms with Crippen LogP contribution in [0.4, 0.5) is 0 Å². The van der Waals surface area contributed by atoms with Crippen molar-refractivity contribution in [3.05, 3.63) is 18.0 Å². The molecule has 3 N–H and O–H groups in total. The van der Waals surface area contributed by atoms with Gasteiger partial charge in [0.2, 0.25) is 0 Å². The number of rotatable bonds is 5. The Morgan fingerprint density at radius 3 is 3.12 bits per heavy atom. The monoisotopic (exact) mass is 224 g/mol. The van der Waals surface area contributed by atoms with Crippen LogP contribution < -0.4 is 10.6 Å². The smallest absolute Gasteiger partial charge is 0.0716 e. The minimum absolute atomic E-state index is 0.203. The number of aliphatic hydroxyl groups excluding tert-OH is 1. The van der Waals surface area contributed by atoms with Crippen molar-refractivity contribution < 1.29 is 5.11 Å². The molecule has 2 atom stereocenters. The summed E-state index contributed by atoms with van der Waals surface area (Å²) in [4.78, 5) is 0. The molecule has 1 aromatic heterocycles. The Labute approximate surface area is 95.8 Å². The summed E-state index contributed by atoms with van der Waals surface area (Å²) in [6.07, 6.45) is 3.74.